The monoisotopic (exact) mass is 482 g/mol. The summed E-state index contributed by atoms with van der Waals surface area (Å²) in [5.74, 6) is -0.546. The van der Waals surface area contributed by atoms with Gasteiger partial charge in [-0.1, -0.05) is 25.4 Å². The van der Waals surface area contributed by atoms with Crippen LogP contribution in [0.5, 0.6) is 6.01 Å². The van der Waals surface area contributed by atoms with Gasteiger partial charge in [-0.05, 0) is 44.8 Å². The molecule has 2 atom stereocenters. The van der Waals surface area contributed by atoms with Crippen molar-refractivity contribution in [2.24, 2.45) is 0 Å². The zero-order chi connectivity index (χ0) is 23.6. The number of alkyl halides is 1. The molecule has 0 aliphatic carbocycles. The van der Waals surface area contributed by atoms with E-state index in [2.05, 4.69) is 20.2 Å². The molecule has 4 aliphatic heterocycles. The van der Waals surface area contributed by atoms with Crippen LogP contribution in [0.2, 0.25) is 0 Å². The van der Waals surface area contributed by atoms with E-state index in [1.807, 2.05) is 18.7 Å². The number of rotatable bonds is 4. The van der Waals surface area contributed by atoms with Crippen LogP contribution < -0.4 is 25.5 Å². The Morgan fingerprint density at radius 3 is 2.70 bits per heavy atom. The van der Waals surface area contributed by atoms with Crippen molar-refractivity contribution in [3.63, 3.8) is 0 Å². The van der Waals surface area contributed by atoms with Gasteiger partial charge in [-0.15, -0.1) is 0 Å². The lowest BCUT2D eigenvalue weighted by Gasteiger charge is -2.36. The number of piperazine rings is 1. The highest BCUT2D eigenvalue weighted by Gasteiger charge is 2.45. The van der Waals surface area contributed by atoms with E-state index >= 15 is 0 Å². The number of hydrogen-bond donors (Lipinski definition) is 2. The molecule has 10 heteroatoms. The highest BCUT2D eigenvalue weighted by molar-refractivity contribution is 6.73. The topological polar surface area (TPSA) is 77.4 Å². The number of ether oxygens (including phenoxy) is 1. The van der Waals surface area contributed by atoms with Crippen molar-refractivity contribution in [1.82, 2.24) is 20.2 Å². The average Bonchev–Trinajstić information content (AvgIpc) is 3.35. The Bertz CT molecular complexity index is 995. The molecular formula is C23H33ClF2N6O. The molecule has 4 aliphatic rings. The molecule has 2 unspecified atom stereocenters. The van der Waals surface area contributed by atoms with E-state index in [0.717, 1.165) is 45.3 Å². The van der Waals surface area contributed by atoms with Crippen molar-refractivity contribution in [2.45, 2.75) is 63.7 Å². The molecule has 5 rings (SSSR count). The second-order valence-electron chi connectivity index (χ2n) is 8.90. The fourth-order valence-electron chi connectivity index (χ4n) is 5.56. The molecule has 1 aromatic heterocycles. The summed E-state index contributed by atoms with van der Waals surface area (Å²) in [6.45, 7) is 8.54. The van der Waals surface area contributed by atoms with Gasteiger partial charge in [0, 0.05) is 37.3 Å². The Hall–Kier alpha value is -1.84. The quantitative estimate of drug-likeness (QED) is 0.640. The lowest BCUT2D eigenvalue weighted by atomic mass is 9.95. The Morgan fingerprint density at radius 1 is 1.27 bits per heavy atom. The van der Waals surface area contributed by atoms with Gasteiger partial charge in [-0.25, -0.2) is 8.78 Å². The summed E-state index contributed by atoms with van der Waals surface area (Å²) < 4.78 is 35.7. The van der Waals surface area contributed by atoms with Gasteiger partial charge in [0.15, 0.2) is 11.0 Å². The number of aromatic nitrogens is 2. The van der Waals surface area contributed by atoms with Crippen LogP contribution in [0.3, 0.4) is 0 Å². The Morgan fingerprint density at radius 2 is 2.00 bits per heavy atom. The molecule has 33 heavy (non-hydrogen) atoms. The third-order valence-corrected chi connectivity index (χ3v) is 7.22. The molecule has 0 aromatic carbocycles. The normalized spacial score (nSPS) is 26.6. The molecule has 2 N–H and O–H groups in total. The van der Waals surface area contributed by atoms with E-state index in [9.17, 15) is 8.78 Å². The molecule has 3 saturated heterocycles. The molecule has 0 saturated carbocycles. The van der Waals surface area contributed by atoms with Crippen LogP contribution in [-0.4, -0.2) is 77.1 Å². The first-order valence-electron chi connectivity index (χ1n) is 12.0. The Labute approximate surface area is 198 Å². The summed E-state index contributed by atoms with van der Waals surface area (Å²) in [6.07, 6.45) is 4.76. The van der Waals surface area contributed by atoms with Crippen molar-refractivity contribution >= 4 is 34.5 Å². The molecule has 3 fully saturated rings. The van der Waals surface area contributed by atoms with Gasteiger partial charge >= 0.3 is 6.01 Å². The lowest BCUT2D eigenvalue weighted by Crippen LogP contribution is -2.54. The van der Waals surface area contributed by atoms with Crippen molar-refractivity contribution in [2.75, 3.05) is 44.2 Å². The van der Waals surface area contributed by atoms with Gasteiger partial charge < -0.3 is 15.0 Å². The fraction of sp³-hybridized carbons (Fsp3) is 0.696. The van der Waals surface area contributed by atoms with E-state index in [-0.39, 0.29) is 34.6 Å². The molecule has 0 radical (unpaired) electrons. The standard InChI is InChI=1S/C21H27ClF2N6O.C2H6/c22-18(25)16(24)17-15-10-13(23)9-14-11-26-5-8-30(14)19(15)28-20(27-17)31-12-21-3-1-6-29(21)7-2-4-21;1-2/h10,13-14,25-26H,1-9,11-12H2;1-2H3/b17-16-,25-18?;. The maximum Gasteiger partial charge on any atom is 0.319 e. The first kappa shape index (κ1) is 24.3. The summed E-state index contributed by atoms with van der Waals surface area (Å²) in [5, 5.41) is 10.1. The zero-order valence-corrected chi connectivity index (χ0v) is 20.1. The molecule has 5 heterocycles. The highest BCUT2D eigenvalue weighted by atomic mass is 35.5. The van der Waals surface area contributed by atoms with E-state index < -0.39 is 17.2 Å². The summed E-state index contributed by atoms with van der Waals surface area (Å²) >= 11 is 5.66. The highest BCUT2D eigenvalue weighted by Crippen LogP contribution is 2.38. The second-order valence-corrected chi connectivity index (χ2v) is 9.27. The van der Waals surface area contributed by atoms with Crippen LogP contribution in [0.25, 0.3) is 11.9 Å². The predicted molar refractivity (Wildman–Crippen MR) is 127 cm³/mol. The Kier molecular flexibility index (Phi) is 7.50. The molecule has 0 spiro atoms. The van der Waals surface area contributed by atoms with Crippen LogP contribution in [0.4, 0.5) is 14.6 Å². The van der Waals surface area contributed by atoms with Crippen LogP contribution in [-0.2, 0) is 0 Å². The largest absolute Gasteiger partial charge is 0.461 e. The maximum absolute atomic E-state index is 14.9. The fourth-order valence-corrected chi connectivity index (χ4v) is 5.65. The molecule has 1 aromatic rings. The first-order chi connectivity index (χ1) is 16.0. The molecule has 0 amide bonds. The number of nitrogens with zero attached hydrogens (tertiary/aromatic N) is 4. The summed E-state index contributed by atoms with van der Waals surface area (Å²) in [6, 6.07) is -0.0490. The van der Waals surface area contributed by atoms with Gasteiger partial charge in [0.05, 0.1) is 5.54 Å². The van der Waals surface area contributed by atoms with Crippen LogP contribution in [0, 0.1) is 5.41 Å². The van der Waals surface area contributed by atoms with Gasteiger partial charge in [-0.3, -0.25) is 10.3 Å². The van der Waals surface area contributed by atoms with Crippen LogP contribution in [0.1, 0.15) is 46.0 Å². The number of fused-ring (bicyclic) bond motifs is 4. The van der Waals surface area contributed by atoms with Crippen molar-refractivity contribution in [1.29, 1.82) is 5.41 Å². The minimum Gasteiger partial charge on any atom is -0.461 e. The van der Waals surface area contributed by atoms with Gasteiger partial charge in [0.1, 0.15) is 23.9 Å². The van der Waals surface area contributed by atoms with Crippen molar-refractivity contribution < 1.29 is 13.5 Å². The number of hydrogen-bond acceptors (Lipinski definition) is 7. The predicted octanol–water partition coefficient (Wildman–Crippen LogP) is 2.10. The SMILES string of the molecule is CC.N=C(Cl)/C(F)=c1/nc(OCC23CCCN2CCC3)nc2c1=CC(F)CC1CNCCN21. The molecular weight excluding hydrogens is 450 g/mol. The zero-order valence-electron chi connectivity index (χ0n) is 19.3. The van der Waals surface area contributed by atoms with Crippen molar-refractivity contribution in [3.05, 3.63) is 10.6 Å². The Balaban J connectivity index is 0.00000126. The third-order valence-electron chi connectivity index (χ3n) is 7.05. The van der Waals surface area contributed by atoms with E-state index in [0.29, 0.717) is 25.5 Å². The minimum atomic E-state index is -1.27. The lowest BCUT2D eigenvalue weighted by molar-refractivity contribution is 0.107. The average molecular weight is 483 g/mol. The second kappa shape index (κ2) is 10.2. The smallest absolute Gasteiger partial charge is 0.319 e. The summed E-state index contributed by atoms with van der Waals surface area (Å²) in [7, 11) is 0. The maximum atomic E-state index is 14.9. The minimum absolute atomic E-state index is 0.00843. The van der Waals surface area contributed by atoms with Gasteiger partial charge in [0.2, 0.25) is 0 Å². The number of anilines is 1. The van der Waals surface area contributed by atoms with E-state index in [1.165, 1.54) is 6.08 Å². The van der Waals surface area contributed by atoms with Crippen LogP contribution >= 0.6 is 11.6 Å². The first-order valence-corrected chi connectivity index (χ1v) is 12.4. The van der Waals surface area contributed by atoms with Crippen molar-refractivity contribution in [3.8, 4) is 6.01 Å². The van der Waals surface area contributed by atoms with Gasteiger partial charge in [0.25, 0.3) is 0 Å². The van der Waals surface area contributed by atoms with E-state index in [4.69, 9.17) is 21.7 Å². The van der Waals surface area contributed by atoms with Gasteiger partial charge in [-0.2, -0.15) is 9.97 Å². The number of nitrogens with one attached hydrogen (secondary N) is 2. The molecule has 182 valence electrons. The summed E-state index contributed by atoms with van der Waals surface area (Å²) in [5.41, 5.74) is -0.00843. The summed E-state index contributed by atoms with van der Waals surface area (Å²) in [4.78, 5) is 13.3. The number of halogens is 3. The molecule has 0 bridgehead atoms. The van der Waals surface area contributed by atoms with E-state index in [1.54, 1.807) is 0 Å². The molecule has 7 nitrogen and oxygen atoms in total. The third kappa shape index (κ3) is 4.72. The van der Waals surface area contributed by atoms with Crippen LogP contribution in [0.15, 0.2) is 0 Å².